The number of carbonyl (C=O) groups excluding carboxylic acids is 3. The van der Waals surface area contributed by atoms with Crippen LogP contribution >= 0.6 is 0 Å². The number of carbonyl (C=O) groups is 3. The first-order valence-corrected chi connectivity index (χ1v) is 6.56. The van der Waals surface area contributed by atoms with Crippen LogP contribution < -0.4 is 0 Å². The Hall–Kier alpha value is -1.45. The maximum absolute atomic E-state index is 12.7. The molecular formula is C15H20O4. The van der Waals surface area contributed by atoms with E-state index in [9.17, 15) is 14.4 Å². The van der Waals surface area contributed by atoms with Crippen molar-refractivity contribution in [3.05, 3.63) is 12.2 Å². The fourth-order valence-corrected chi connectivity index (χ4v) is 3.64. The van der Waals surface area contributed by atoms with E-state index in [0.717, 1.165) is 0 Å². The molecule has 3 aliphatic rings. The first-order chi connectivity index (χ1) is 8.75. The van der Waals surface area contributed by atoms with Gasteiger partial charge in [0.1, 0.15) is 11.6 Å². The van der Waals surface area contributed by atoms with Crippen LogP contribution in [0.3, 0.4) is 0 Å². The van der Waals surface area contributed by atoms with Gasteiger partial charge < -0.3 is 4.74 Å². The standard InChI is InChI=1S/C15H20O4/c1-9(16)7-14(2)10-5-6-11(12(14)17)15(3,8-10)13(18)19-4/h5-6,10-11H,7-8H2,1-4H3/t10-,11-,14-,15+/m1/s1. The van der Waals surface area contributed by atoms with Crippen LogP contribution in [0, 0.1) is 22.7 Å². The van der Waals surface area contributed by atoms with Crippen molar-refractivity contribution in [3.63, 3.8) is 0 Å². The lowest BCUT2D eigenvalue weighted by Crippen LogP contribution is -2.57. The van der Waals surface area contributed by atoms with Gasteiger partial charge in [-0.3, -0.25) is 14.4 Å². The molecule has 0 aromatic heterocycles. The number of Topliss-reactive ketones (excluding diaryl/α,β-unsaturated/α-hetero) is 2. The Bertz CT molecular complexity index is 479. The number of ketones is 2. The molecule has 0 unspecified atom stereocenters. The molecule has 104 valence electrons. The quantitative estimate of drug-likeness (QED) is 0.577. The SMILES string of the molecule is COC(=O)[C@@]1(C)C[C@H]2C=C[C@@H]1C(=O)[C@]2(C)CC(C)=O. The van der Waals surface area contributed by atoms with Crippen molar-refractivity contribution in [2.45, 2.75) is 33.6 Å². The summed E-state index contributed by atoms with van der Waals surface area (Å²) in [6.07, 6.45) is 4.61. The molecule has 0 spiro atoms. The third-order valence-electron chi connectivity index (χ3n) is 4.80. The van der Waals surface area contributed by atoms with Crippen molar-refractivity contribution < 1.29 is 19.1 Å². The first kappa shape index (κ1) is 14.0. The van der Waals surface area contributed by atoms with Crippen LogP contribution in [0.5, 0.6) is 0 Å². The Kier molecular flexibility index (Phi) is 3.15. The van der Waals surface area contributed by atoms with Crippen LogP contribution in [0.15, 0.2) is 12.2 Å². The van der Waals surface area contributed by atoms with Gasteiger partial charge in [0.2, 0.25) is 0 Å². The number of ether oxygens (including phenoxy) is 1. The van der Waals surface area contributed by atoms with E-state index in [2.05, 4.69) is 0 Å². The van der Waals surface area contributed by atoms with Gasteiger partial charge in [-0.1, -0.05) is 19.1 Å². The highest BCUT2D eigenvalue weighted by molar-refractivity contribution is 5.99. The van der Waals surface area contributed by atoms with Crippen LogP contribution in [0.1, 0.15) is 33.6 Å². The molecule has 3 aliphatic carbocycles. The highest BCUT2D eigenvalue weighted by Crippen LogP contribution is 2.56. The molecule has 0 aromatic rings. The molecule has 4 heteroatoms. The Balaban J connectivity index is 2.40. The van der Waals surface area contributed by atoms with E-state index < -0.39 is 16.7 Å². The molecule has 19 heavy (non-hydrogen) atoms. The number of esters is 1. The molecule has 3 rings (SSSR count). The van der Waals surface area contributed by atoms with Gasteiger partial charge in [0.25, 0.3) is 0 Å². The fourth-order valence-electron chi connectivity index (χ4n) is 3.64. The molecule has 4 nitrogen and oxygen atoms in total. The Morgan fingerprint density at radius 1 is 1.37 bits per heavy atom. The summed E-state index contributed by atoms with van der Waals surface area (Å²) in [4.78, 5) is 36.1. The molecule has 0 aromatic carbocycles. The number of methoxy groups -OCH3 is 1. The largest absolute Gasteiger partial charge is 0.469 e. The van der Waals surface area contributed by atoms with Crippen LogP contribution in [-0.2, 0) is 19.1 Å². The Morgan fingerprint density at radius 2 is 2.00 bits per heavy atom. The topological polar surface area (TPSA) is 60.4 Å². The zero-order valence-electron chi connectivity index (χ0n) is 11.9. The van der Waals surface area contributed by atoms with E-state index in [-0.39, 0.29) is 29.9 Å². The number of hydrogen-bond donors (Lipinski definition) is 0. The predicted octanol–water partition coefficient (Wildman–Crippen LogP) is 1.93. The maximum Gasteiger partial charge on any atom is 0.312 e. The summed E-state index contributed by atoms with van der Waals surface area (Å²) in [5.41, 5.74) is -1.46. The summed E-state index contributed by atoms with van der Waals surface area (Å²) in [7, 11) is 1.35. The third kappa shape index (κ3) is 1.85. The molecule has 0 aliphatic heterocycles. The number of rotatable bonds is 3. The van der Waals surface area contributed by atoms with Crippen LogP contribution in [-0.4, -0.2) is 24.6 Å². The summed E-state index contributed by atoms with van der Waals surface area (Å²) in [5.74, 6) is -0.886. The zero-order valence-corrected chi connectivity index (χ0v) is 11.9. The summed E-state index contributed by atoms with van der Waals surface area (Å²) >= 11 is 0. The average Bonchev–Trinajstić information content (AvgIpc) is 2.34. The van der Waals surface area contributed by atoms with Crippen molar-refractivity contribution in [2.24, 2.45) is 22.7 Å². The zero-order chi connectivity index (χ0) is 14.4. The summed E-state index contributed by atoms with van der Waals surface area (Å²) in [5, 5.41) is 0. The van der Waals surface area contributed by atoms with E-state index in [1.165, 1.54) is 14.0 Å². The maximum atomic E-state index is 12.7. The number of hydrogen-bond acceptors (Lipinski definition) is 4. The van der Waals surface area contributed by atoms with Crippen molar-refractivity contribution in [1.82, 2.24) is 0 Å². The van der Waals surface area contributed by atoms with E-state index in [4.69, 9.17) is 4.74 Å². The van der Waals surface area contributed by atoms with Crippen molar-refractivity contribution >= 4 is 17.5 Å². The number of fused-ring (bicyclic) bond motifs is 2. The minimum Gasteiger partial charge on any atom is -0.469 e. The molecule has 1 fully saturated rings. The molecule has 1 saturated carbocycles. The second kappa shape index (κ2) is 4.29. The summed E-state index contributed by atoms with van der Waals surface area (Å²) in [6.45, 7) is 5.13. The highest BCUT2D eigenvalue weighted by atomic mass is 16.5. The van der Waals surface area contributed by atoms with Gasteiger partial charge in [-0.15, -0.1) is 0 Å². The van der Waals surface area contributed by atoms with E-state index >= 15 is 0 Å². The van der Waals surface area contributed by atoms with Gasteiger partial charge in [0, 0.05) is 11.8 Å². The second-order valence-corrected chi connectivity index (χ2v) is 6.24. The van der Waals surface area contributed by atoms with E-state index in [1.807, 2.05) is 19.1 Å². The summed E-state index contributed by atoms with van der Waals surface area (Å²) < 4.78 is 4.85. The van der Waals surface area contributed by atoms with Crippen molar-refractivity contribution in [3.8, 4) is 0 Å². The van der Waals surface area contributed by atoms with Crippen molar-refractivity contribution in [2.75, 3.05) is 7.11 Å². The van der Waals surface area contributed by atoms with Crippen LogP contribution in [0.25, 0.3) is 0 Å². The lowest BCUT2D eigenvalue weighted by atomic mass is 9.49. The lowest BCUT2D eigenvalue weighted by molar-refractivity contribution is -0.168. The molecule has 4 atom stereocenters. The predicted molar refractivity (Wildman–Crippen MR) is 69.3 cm³/mol. The minimum absolute atomic E-state index is 0.00523. The van der Waals surface area contributed by atoms with Gasteiger partial charge >= 0.3 is 5.97 Å². The Morgan fingerprint density at radius 3 is 2.47 bits per heavy atom. The normalized spacial score (nSPS) is 40.3. The molecule has 0 heterocycles. The Labute approximate surface area is 113 Å². The summed E-state index contributed by atoms with van der Waals surface area (Å²) in [6, 6.07) is 0. The second-order valence-electron chi connectivity index (χ2n) is 6.24. The first-order valence-electron chi connectivity index (χ1n) is 6.56. The minimum atomic E-state index is -0.790. The molecule has 0 radical (unpaired) electrons. The fraction of sp³-hybridized carbons (Fsp3) is 0.667. The molecular weight excluding hydrogens is 244 g/mol. The smallest absolute Gasteiger partial charge is 0.312 e. The molecule has 0 saturated heterocycles. The molecule has 0 N–H and O–H groups in total. The molecule has 0 amide bonds. The third-order valence-corrected chi connectivity index (χ3v) is 4.80. The molecule has 2 bridgehead atoms. The van der Waals surface area contributed by atoms with Gasteiger partial charge in [-0.2, -0.15) is 0 Å². The monoisotopic (exact) mass is 264 g/mol. The van der Waals surface area contributed by atoms with Crippen LogP contribution in [0.4, 0.5) is 0 Å². The lowest BCUT2D eigenvalue weighted by Gasteiger charge is -2.52. The average molecular weight is 264 g/mol. The number of allylic oxidation sites excluding steroid dienone is 2. The van der Waals surface area contributed by atoms with Gasteiger partial charge in [0.15, 0.2) is 0 Å². The van der Waals surface area contributed by atoms with Gasteiger partial charge in [-0.05, 0) is 26.2 Å². The highest BCUT2D eigenvalue weighted by Gasteiger charge is 2.60. The van der Waals surface area contributed by atoms with Crippen LogP contribution in [0.2, 0.25) is 0 Å². The van der Waals surface area contributed by atoms with Gasteiger partial charge in [0.05, 0.1) is 18.4 Å². The van der Waals surface area contributed by atoms with Crippen molar-refractivity contribution in [1.29, 1.82) is 0 Å². The van der Waals surface area contributed by atoms with E-state index in [0.29, 0.717) is 6.42 Å². The van der Waals surface area contributed by atoms with Gasteiger partial charge in [-0.25, -0.2) is 0 Å². The van der Waals surface area contributed by atoms with E-state index in [1.54, 1.807) is 6.92 Å².